The summed E-state index contributed by atoms with van der Waals surface area (Å²) in [6, 6.07) is 0. The van der Waals surface area contributed by atoms with E-state index in [2.05, 4.69) is 12.0 Å². The molecule has 1 unspecified atom stereocenters. The van der Waals surface area contributed by atoms with Gasteiger partial charge >= 0.3 is 12.1 Å². The fourth-order valence-electron chi connectivity index (χ4n) is 5.98. The summed E-state index contributed by atoms with van der Waals surface area (Å²) in [5.41, 5.74) is 1.23. The van der Waals surface area contributed by atoms with Crippen LogP contribution in [0.1, 0.15) is 76.4 Å². The molecule has 11 nitrogen and oxygen atoms in total. The van der Waals surface area contributed by atoms with Gasteiger partial charge in [0.05, 0.1) is 20.3 Å². The number of esters is 1. The predicted octanol–water partition coefficient (Wildman–Crippen LogP) is 2.64. The zero-order valence-electron chi connectivity index (χ0n) is 22.2. The molecule has 1 aliphatic carbocycles. The number of hydrogen-bond acceptors (Lipinski definition) is 8. The Labute approximate surface area is 215 Å². The van der Waals surface area contributed by atoms with Crippen molar-refractivity contribution in [3.63, 3.8) is 0 Å². The van der Waals surface area contributed by atoms with Gasteiger partial charge in [-0.15, -0.1) is 5.10 Å². The number of piperidine rings is 1. The largest absolute Gasteiger partial charge is 0.468 e. The van der Waals surface area contributed by atoms with Crippen molar-refractivity contribution in [2.75, 3.05) is 33.4 Å². The molecule has 0 aromatic carbocycles. The summed E-state index contributed by atoms with van der Waals surface area (Å²) < 4.78 is 19.1. The van der Waals surface area contributed by atoms with Crippen LogP contribution in [0.5, 0.6) is 0 Å². The van der Waals surface area contributed by atoms with Crippen molar-refractivity contribution in [1.29, 1.82) is 0 Å². The first kappa shape index (κ1) is 25.4. The highest BCUT2D eigenvalue weighted by Crippen LogP contribution is 2.50. The number of carbonyl (C=O) groups excluding carboxylic acids is 2. The summed E-state index contributed by atoms with van der Waals surface area (Å²) in [7, 11) is 1.35. The van der Waals surface area contributed by atoms with Crippen molar-refractivity contribution in [2.45, 2.75) is 76.9 Å². The molecule has 2 aliphatic heterocycles. The van der Waals surface area contributed by atoms with Crippen LogP contribution in [0, 0.1) is 0 Å². The van der Waals surface area contributed by atoms with E-state index in [-0.39, 0.29) is 24.1 Å². The van der Waals surface area contributed by atoms with E-state index in [4.69, 9.17) is 19.2 Å². The molecule has 1 atom stereocenters. The molecule has 1 spiro atoms. The number of likely N-dealkylation sites (tertiary alicyclic amines) is 1. The number of rotatable bonds is 3. The average molecular weight is 514 g/mol. The third-order valence-corrected chi connectivity index (χ3v) is 7.62. The molecule has 37 heavy (non-hydrogen) atoms. The second-order valence-corrected chi connectivity index (χ2v) is 11.3. The minimum absolute atomic E-state index is 0.0212. The first-order valence-corrected chi connectivity index (χ1v) is 12.9. The first-order valence-electron chi connectivity index (χ1n) is 12.9. The maximum Gasteiger partial charge on any atom is 0.410 e. The molecule has 0 radical (unpaired) electrons. The van der Waals surface area contributed by atoms with Crippen LogP contribution in [0.3, 0.4) is 0 Å². The molecular formula is C26H35N5O6. The quantitative estimate of drug-likeness (QED) is 0.575. The van der Waals surface area contributed by atoms with Crippen molar-refractivity contribution >= 4 is 23.4 Å². The molecule has 0 saturated carbocycles. The Balaban J connectivity index is 1.58. The molecule has 200 valence electrons. The monoisotopic (exact) mass is 513 g/mol. The van der Waals surface area contributed by atoms with Gasteiger partial charge in [-0.05, 0) is 57.9 Å². The topological polar surface area (TPSA) is 117 Å². The van der Waals surface area contributed by atoms with Gasteiger partial charge < -0.3 is 23.7 Å². The lowest BCUT2D eigenvalue weighted by Gasteiger charge is -2.40. The Bertz CT molecular complexity index is 1330. The van der Waals surface area contributed by atoms with Crippen LogP contribution in [0.25, 0.3) is 11.4 Å². The molecule has 3 aliphatic rings. The van der Waals surface area contributed by atoms with E-state index in [1.807, 2.05) is 26.8 Å². The lowest BCUT2D eigenvalue weighted by atomic mass is 9.74. The van der Waals surface area contributed by atoms with E-state index >= 15 is 0 Å². The second kappa shape index (κ2) is 9.27. The Kier molecular flexibility index (Phi) is 6.37. The molecule has 1 saturated heterocycles. The van der Waals surface area contributed by atoms with Crippen LogP contribution in [-0.2, 0) is 31.0 Å². The first-order chi connectivity index (χ1) is 17.5. The van der Waals surface area contributed by atoms with Crippen molar-refractivity contribution in [3.8, 4) is 0 Å². The van der Waals surface area contributed by atoms with Gasteiger partial charge in [0.1, 0.15) is 12.1 Å². The Morgan fingerprint density at radius 2 is 1.97 bits per heavy atom. The highest BCUT2D eigenvalue weighted by atomic mass is 16.6. The summed E-state index contributed by atoms with van der Waals surface area (Å²) in [5.74, 6) is 0.416. The van der Waals surface area contributed by atoms with E-state index in [0.717, 1.165) is 17.7 Å². The summed E-state index contributed by atoms with van der Waals surface area (Å²) in [6.45, 7) is 9.59. The van der Waals surface area contributed by atoms with Crippen molar-refractivity contribution in [2.24, 2.45) is 0 Å². The normalized spacial score (nSPS) is 21.2. The van der Waals surface area contributed by atoms with E-state index in [1.165, 1.54) is 11.6 Å². The molecule has 1 fully saturated rings. The van der Waals surface area contributed by atoms with Crippen molar-refractivity contribution in [3.05, 3.63) is 33.5 Å². The zero-order chi connectivity index (χ0) is 26.5. The summed E-state index contributed by atoms with van der Waals surface area (Å²) in [5, 5.41) is 4.61. The standard InChI is InChI=1S/C26H35N5O6/c1-16-14-26(8-10-29(11-9-26)24(34)37-25(2,3)4)19-20(16)30(15-18(32)35-5)23-27-21(28-31(23)22(19)33)17-6-12-36-13-7-17/h6,16H,7-15H2,1-5H3. The van der Waals surface area contributed by atoms with Crippen molar-refractivity contribution < 1.29 is 23.8 Å². The fraction of sp³-hybridized carbons (Fsp3) is 0.654. The van der Waals surface area contributed by atoms with E-state index < -0.39 is 17.0 Å². The smallest absolute Gasteiger partial charge is 0.410 e. The lowest BCUT2D eigenvalue weighted by Crippen LogP contribution is -2.48. The maximum absolute atomic E-state index is 14.0. The second-order valence-electron chi connectivity index (χ2n) is 11.3. The fourth-order valence-corrected chi connectivity index (χ4v) is 5.98. The van der Waals surface area contributed by atoms with Crippen molar-refractivity contribution in [1.82, 2.24) is 24.1 Å². The van der Waals surface area contributed by atoms with Crippen LogP contribution in [0.4, 0.5) is 4.79 Å². The van der Waals surface area contributed by atoms with Gasteiger partial charge in [-0.25, -0.2) is 4.79 Å². The number of methoxy groups -OCH3 is 1. The maximum atomic E-state index is 14.0. The molecule has 4 heterocycles. The Morgan fingerprint density at radius 3 is 2.59 bits per heavy atom. The third kappa shape index (κ3) is 4.54. The number of carbonyl (C=O) groups is 2. The lowest BCUT2D eigenvalue weighted by molar-refractivity contribution is -0.141. The number of nitrogens with zero attached hydrogens (tertiary/aromatic N) is 5. The molecule has 0 bridgehead atoms. The minimum Gasteiger partial charge on any atom is -0.468 e. The van der Waals surface area contributed by atoms with Gasteiger partial charge in [-0.1, -0.05) is 13.0 Å². The van der Waals surface area contributed by atoms with E-state index in [1.54, 1.807) is 9.47 Å². The SMILES string of the molecule is COC(=O)Cn1c2c(c(=O)n3nc(C4=CCOCC4)nc13)C1(CCN(C(=O)OC(C)(C)C)CC1)CC2C. The van der Waals surface area contributed by atoms with Crippen LogP contribution in [-0.4, -0.2) is 75.1 Å². The summed E-state index contributed by atoms with van der Waals surface area (Å²) in [4.78, 5) is 45.6. The van der Waals surface area contributed by atoms with Gasteiger partial charge in [-0.3, -0.25) is 9.59 Å². The third-order valence-electron chi connectivity index (χ3n) is 7.62. The highest BCUT2D eigenvalue weighted by Gasteiger charge is 2.49. The number of fused-ring (bicyclic) bond motifs is 3. The van der Waals surface area contributed by atoms with Gasteiger partial charge in [-0.2, -0.15) is 9.50 Å². The molecule has 5 rings (SSSR count). The average Bonchev–Trinajstić information content (AvgIpc) is 3.42. The molecular weight excluding hydrogens is 478 g/mol. The number of amides is 1. The number of hydrogen-bond donors (Lipinski definition) is 0. The minimum atomic E-state index is -0.571. The zero-order valence-corrected chi connectivity index (χ0v) is 22.2. The van der Waals surface area contributed by atoms with E-state index in [0.29, 0.717) is 62.7 Å². The number of ether oxygens (including phenoxy) is 3. The summed E-state index contributed by atoms with van der Waals surface area (Å²) >= 11 is 0. The predicted molar refractivity (Wildman–Crippen MR) is 134 cm³/mol. The van der Waals surface area contributed by atoms with Crippen LogP contribution >= 0.6 is 0 Å². The van der Waals surface area contributed by atoms with Crippen LogP contribution in [0.2, 0.25) is 0 Å². The van der Waals surface area contributed by atoms with E-state index in [9.17, 15) is 14.4 Å². The van der Waals surface area contributed by atoms with Gasteiger partial charge in [0.2, 0.25) is 5.78 Å². The molecule has 1 amide bonds. The molecule has 2 aromatic rings. The van der Waals surface area contributed by atoms with Gasteiger partial charge in [0.15, 0.2) is 5.82 Å². The number of aromatic nitrogens is 4. The molecule has 0 N–H and O–H groups in total. The summed E-state index contributed by atoms with van der Waals surface area (Å²) in [6.07, 6.45) is 4.26. The highest BCUT2D eigenvalue weighted by molar-refractivity contribution is 5.71. The van der Waals surface area contributed by atoms with Crippen LogP contribution in [0.15, 0.2) is 10.9 Å². The molecule has 2 aromatic heterocycles. The van der Waals surface area contributed by atoms with Crippen LogP contribution < -0.4 is 5.56 Å². The van der Waals surface area contributed by atoms with Gasteiger partial charge in [0.25, 0.3) is 5.56 Å². The Morgan fingerprint density at radius 1 is 1.24 bits per heavy atom. The van der Waals surface area contributed by atoms with Gasteiger partial charge in [0, 0.05) is 29.8 Å². The Hall–Kier alpha value is -3.21. The molecule has 11 heteroatoms.